The van der Waals surface area contributed by atoms with Gasteiger partial charge in [-0.05, 0) is 18.6 Å². The third-order valence-corrected chi connectivity index (χ3v) is 4.30. The Labute approximate surface area is 129 Å². The van der Waals surface area contributed by atoms with Crippen LogP contribution >= 0.6 is 11.3 Å². The Bertz CT molecular complexity index is 580. The second-order valence-electron chi connectivity index (χ2n) is 5.11. The molecule has 110 valence electrons. The molecule has 0 aliphatic carbocycles. The maximum atomic E-state index is 4.78. The molecule has 0 saturated carbocycles. The van der Waals surface area contributed by atoms with Gasteiger partial charge in [0.2, 0.25) is 0 Å². The molecule has 0 N–H and O–H groups in total. The number of hydrogen-bond donors (Lipinski definition) is 0. The van der Waals surface area contributed by atoms with E-state index in [0.29, 0.717) is 0 Å². The molecule has 21 heavy (non-hydrogen) atoms. The first-order valence-corrected chi connectivity index (χ1v) is 8.32. The van der Waals surface area contributed by atoms with Gasteiger partial charge in [-0.3, -0.25) is 0 Å². The molecule has 3 rings (SSSR count). The van der Waals surface area contributed by atoms with Gasteiger partial charge in [0, 0.05) is 18.1 Å². The lowest BCUT2D eigenvalue weighted by Crippen LogP contribution is -2.32. The highest BCUT2D eigenvalue weighted by atomic mass is 32.1. The molecule has 0 radical (unpaired) electrons. The van der Waals surface area contributed by atoms with Crippen molar-refractivity contribution in [1.29, 1.82) is 0 Å². The summed E-state index contributed by atoms with van der Waals surface area (Å²) < 4.78 is 0. The van der Waals surface area contributed by atoms with E-state index in [-0.39, 0.29) is 0 Å². The maximum absolute atomic E-state index is 4.78. The van der Waals surface area contributed by atoms with Crippen molar-refractivity contribution in [3.05, 3.63) is 46.9 Å². The molecule has 1 aromatic carbocycles. The monoisotopic (exact) mass is 300 g/mol. The number of rotatable bonds is 6. The lowest BCUT2D eigenvalue weighted by atomic mass is 10.2. The summed E-state index contributed by atoms with van der Waals surface area (Å²) in [4.78, 5) is 6.76. The smallest absolute Gasteiger partial charge is 0.187 e. The summed E-state index contributed by atoms with van der Waals surface area (Å²) in [5, 5.41) is 9.85. The van der Waals surface area contributed by atoms with Crippen molar-refractivity contribution < 1.29 is 0 Å². The average Bonchev–Trinajstić information content (AvgIpc) is 3.17. The quantitative estimate of drug-likeness (QED) is 0.761. The first-order chi connectivity index (χ1) is 10.4. The highest BCUT2D eigenvalue weighted by Crippen LogP contribution is 2.23. The third-order valence-electron chi connectivity index (χ3n) is 3.53. The molecule has 0 fully saturated rings. The predicted molar refractivity (Wildman–Crippen MR) is 88.7 cm³/mol. The van der Waals surface area contributed by atoms with Crippen LogP contribution in [-0.2, 0) is 0 Å². The minimum atomic E-state index is 0.808. The van der Waals surface area contributed by atoms with Crippen LogP contribution in [0.3, 0.4) is 0 Å². The van der Waals surface area contributed by atoms with Gasteiger partial charge in [0.05, 0.1) is 5.69 Å². The van der Waals surface area contributed by atoms with Crippen LogP contribution in [0.2, 0.25) is 0 Å². The van der Waals surface area contributed by atoms with E-state index in [1.165, 1.54) is 19.3 Å². The molecule has 0 saturated heterocycles. The maximum Gasteiger partial charge on any atom is 0.187 e. The molecule has 1 aliphatic rings. The normalized spacial score (nSPS) is 14.6. The third kappa shape index (κ3) is 3.24. The molecule has 0 spiro atoms. The number of hydrogen-bond acceptors (Lipinski definition) is 5. The van der Waals surface area contributed by atoms with E-state index in [1.54, 1.807) is 11.3 Å². The summed E-state index contributed by atoms with van der Waals surface area (Å²) in [7, 11) is 0. The summed E-state index contributed by atoms with van der Waals surface area (Å²) in [5.41, 5.74) is 1.13. The van der Waals surface area contributed by atoms with Crippen LogP contribution < -0.4 is 5.01 Å². The minimum absolute atomic E-state index is 0.808. The molecule has 2 heterocycles. The number of nitrogens with zero attached hydrogens (tertiary/aromatic N) is 4. The highest BCUT2D eigenvalue weighted by molar-refractivity contribution is 7.11. The van der Waals surface area contributed by atoms with E-state index < -0.39 is 0 Å². The predicted octanol–water partition coefficient (Wildman–Crippen LogP) is 3.77. The van der Waals surface area contributed by atoms with E-state index in [9.17, 15) is 0 Å². The van der Waals surface area contributed by atoms with Gasteiger partial charge in [0.25, 0.3) is 0 Å². The SMILES string of the molecule is CCCCCN1CN(c2ccccc2)N=C1c1nccs1. The van der Waals surface area contributed by atoms with Gasteiger partial charge >= 0.3 is 0 Å². The number of hydrazone groups is 1. The van der Waals surface area contributed by atoms with E-state index in [2.05, 4.69) is 33.9 Å². The van der Waals surface area contributed by atoms with Gasteiger partial charge in [-0.2, -0.15) is 0 Å². The molecule has 2 aromatic rings. The number of thiazole rings is 1. The van der Waals surface area contributed by atoms with E-state index in [4.69, 9.17) is 5.10 Å². The Balaban J connectivity index is 1.80. The Morgan fingerprint density at radius 2 is 2.05 bits per heavy atom. The molecular formula is C16H20N4S. The van der Waals surface area contributed by atoms with Gasteiger partial charge in [-0.1, -0.05) is 38.0 Å². The summed E-state index contributed by atoms with van der Waals surface area (Å²) in [6.45, 7) is 4.08. The van der Waals surface area contributed by atoms with Crippen molar-refractivity contribution in [2.24, 2.45) is 5.10 Å². The van der Waals surface area contributed by atoms with E-state index in [1.807, 2.05) is 29.8 Å². The van der Waals surface area contributed by atoms with Crippen molar-refractivity contribution in [3.63, 3.8) is 0 Å². The molecule has 0 amide bonds. The van der Waals surface area contributed by atoms with Crippen LogP contribution in [0.15, 0.2) is 47.0 Å². The molecular weight excluding hydrogens is 280 g/mol. The number of aromatic nitrogens is 1. The number of amidine groups is 1. The van der Waals surface area contributed by atoms with Crippen LogP contribution in [-0.4, -0.2) is 28.9 Å². The second kappa shape index (κ2) is 6.72. The van der Waals surface area contributed by atoms with Crippen LogP contribution in [0.25, 0.3) is 0 Å². The van der Waals surface area contributed by atoms with Crippen LogP contribution in [0.4, 0.5) is 5.69 Å². The van der Waals surface area contributed by atoms with Crippen LogP contribution in [0.5, 0.6) is 0 Å². The summed E-state index contributed by atoms with van der Waals surface area (Å²) in [6, 6.07) is 10.3. The zero-order valence-corrected chi connectivity index (χ0v) is 13.1. The molecule has 1 aliphatic heterocycles. The van der Waals surface area contributed by atoms with Crippen molar-refractivity contribution >= 4 is 22.9 Å². The molecule has 0 atom stereocenters. The van der Waals surface area contributed by atoms with E-state index in [0.717, 1.165) is 29.7 Å². The van der Waals surface area contributed by atoms with Gasteiger partial charge in [0.1, 0.15) is 6.67 Å². The van der Waals surface area contributed by atoms with Gasteiger partial charge in [-0.15, -0.1) is 16.4 Å². The van der Waals surface area contributed by atoms with Crippen LogP contribution in [0, 0.1) is 0 Å². The number of unbranched alkanes of at least 4 members (excludes halogenated alkanes) is 2. The fraction of sp³-hybridized carbons (Fsp3) is 0.375. The Hall–Kier alpha value is -1.88. The molecule has 0 bridgehead atoms. The number of benzene rings is 1. The molecule has 0 unspecified atom stereocenters. The molecule has 4 nitrogen and oxygen atoms in total. The first kappa shape index (κ1) is 14.1. The fourth-order valence-corrected chi connectivity index (χ4v) is 3.07. The Morgan fingerprint density at radius 3 is 2.76 bits per heavy atom. The fourth-order valence-electron chi connectivity index (χ4n) is 2.42. The number of anilines is 1. The minimum Gasteiger partial charge on any atom is -0.333 e. The summed E-state index contributed by atoms with van der Waals surface area (Å²) in [6.07, 6.45) is 5.54. The first-order valence-electron chi connectivity index (χ1n) is 7.44. The number of para-hydroxylation sites is 1. The van der Waals surface area contributed by atoms with Crippen molar-refractivity contribution in [2.75, 3.05) is 18.2 Å². The van der Waals surface area contributed by atoms with Gasteiger partial charge in [-0.25, -0.2) is 9.99 Å². The van der Waals surface area contributed by atoms with Crippen molar-refractivity contribution in [2.45, 2.75) is 26.2 Å². The highest BCUT2D eigenvalue weighted by Gasteiger charge is 2.26. The summed E-state index contributed by atoms with van der Waals surface area (Å²) >= 11 is 1.65. The van der Waals surface area contributed by atoms with E-state index >= 15 is 0 Å². The Kier molecular flexibility index (Phi) is 4.50. The lowest BCUT2D eigenvalue weighted by Gasteiger charge is -2.20. The Morgan fingerprint density at radius 1 is 1.19 bits per heavy atom. The van der Waals surface area contributed by atoms with Crippen LogP contribution in [0.1, 0.15) is 31.2 Å². The summed E-state index contributed by atoms with van der Waals surface area (Å²) in [5.74, 6) is 1.00. The molecule has 5 heteroatoms. The zero-order chi connectivity index (χ0) is 14.5. The van der Waals surface area contributed by atoms with Crippen molar-refractivity contribution in [3.8, 4) is 0 Å². The topological polar surface area (TPSA) is 31.7 Å². The zero-order valence-electron chi connectivity index (χ0n) is 12.3. The van der Waals surface area contributed by atoms with Gasteiger partial charge < -0.3 is 4.90 Å². The van der Waals surface area contributed by atoms with Gasteiger partial charge in [0.15, 0.2) is 10.8 Å². The van der Waals surface area contributed by atoms with Crippen molar-refractivity contribution in [1.82, 2.24) is 9.88 Å². The second-order valence-corrected chi connectivity index (χ2v) is 6.00. The standard InChI is InChI=1S/C16H20N4S/c1-2-3-7-11-19-13-20(14-8-5-4-6-9-14)18-15(19)16-17-10-12-21-16/h4-6,8-10,12H,2-3,7,11,13H2,1H3. The largest absolute Gasteiger partial charge is 0.333 e. The molecule has 1 aromatic heterocycles. The lowest BCUT2D eigenvalue weighted by molar-refractivity contribution is 0.428. The average molecular weight is 300 g/mol.